The number of nitrogens with zero attached hydrogens (tertiary/aromatic N) is 3. The zero-order valence-electron chi connectivity index (χ0n) is 20.0. The smallest absolute Gasteiger partial charge is 0.330 e. The number of H-pyrrole nitrogens is 1. The fourth-order valence-electron chi connectivity index (χ4n) is 4.09. The van der Waals surface area contributed by atoms with E-state index >= 15 is 0 Å². The summed E-state index contributed by atoms with van der Waals surface area (Å²) in [5.41, 5.74) is 2.46. The second kappa shape index (κ2) is 8.96. The number of benzene rings is 1. The molecule has 7 heteroatoms. The van der Waals surface area contributed by atoms with E-state index in [4.69, 9.17) is 0 Å². The lowest BCUT2D eigenvalue weighted by molar-refractivity contribution is 0.0731. The molecule has 1 aliphatic rings. The number of rotatable bonds is 7. The van der Waals surface area contributed by atoms with E-state index in [0.29, 0.717) is 24.3 Å². The van der Waals surface area contributed by atoms with Gasteiger partial charge in [0.2, 0.25) is 0 Å². The quantitative estimate of drug-likeness (QED) is 0.592. The van der Waals surface area contributed by atoms with Gasteiger partial charge in [-0.2, -0.15) is 0 Å². The zero-order chi connectivity index (χ0) is 23.9. The fourth-order valence-corrected chi connectivity index (χ4v) is 4.09. The number of pyridine rings is 1. The van der Waals surface area contributed by atoms with E-state index < -0.39 is 11.2 Å². The summed E-state index contributed by atoms with van der Waals surface area (Å²) in [5, 5.41) is 0.194. The molecule has 7 nitrogen and oxygen atoms in total. The molecule has 0 aliphatic heterocycles. The molecule has 0 unspecified atom stereocenters. The maximum atomic E-state index is 13.9. The average molecular weight is 449 g/mol. The third kappa shape index (κ3) is 4.77. The van der Waals surface area contributed by atoms with Crippen LogP contribution in [-0.4, -0.2) is 31.4 Å². The molecule has 1 saturated carbocycles. The molecule has 1 N–H and O–H groups in total. The lowest BCUT2D eigenvalue weighted by atomic mass is 10.0. The van der Waals surface area contributed by atoms with E-state index in [-0.39, 0.29) is 34.8 Å². The second-order valence-corrected chi connectivity index (χ2v) is 9.86. The van der Waals surface area contributed by atoms with Crippen molar-refractivity contribution in [2.24, 2.45) is 5.92 Å². The van der Waals surface area contributed by atoms with Gasteiger partial charge < -0.3 is 4.90 Å². The number of aryl methyl sites for hydroxylation is 1. The first-order valence-corrected chi connectivity index (χ1v) is 11.7. The molecule has 0 spiro atoms. The van der Waals surface area contributed by atoms with Gasteiger partial charge in [-0.25, -0.2) is 9.78 Å². The zero-order valence-corrected chi connectivity index (χ0v) is 20.0. The molecule has 0 radical (unpaired) electrons. The van der Waals surface area contributed by atoms with Gasteiger partial charge in [0.15, 0.2) is 5.65 Å². The number of aromatic nitrogens is 3. The molecule has 2 heterocycles. The first-order chi connectivity index (χ1) is 15.7. The number of carbonyl (C=O) groups excluding carboxylic acids is 1. The number of fused-ring (bicyclic) bond motifs is 1. The summed E-state index contributed by atoms with van der Waals surface area (Å²) in [4.78, 5) is 48.5. The van der Waals surface area contributed by atoms with Crippen molar-refractivity contribution in [3.05, 3.63) is 73.6 Å². The van der Waals surface area contributed by atoms with Crippen LogP contribution in [0.4, 0.5) is 0 Å². The molecule has 0 bridgehead atoms. The Labute approximate surface area is 193 Å². The summed E-state index contributed by atoms with van der Waals surface area (Å²) >= 11 is 0. The van der Waals surface area contributed by atoms with Crippen LogP contribution in [0.3, 0.4) is 0 Å². The summed E-state index contributed by atoms with van der Waals surface area (Å²) in [5.74, 6) is 0.0203. The van der Waals surface area contributed by atoms with Gasteiger partial charge in [0.25, 0.3) is 11.5 Å². The van der Waals surface area contributed by atoms with Gasteiger partial charge in [-0.1, -0.05) is 57.5 Å². The highest BCUT2D eigenvalue weighted by Gasteiger charge is 2.34. The summed E-state index contributed by atoms with van der Waals surface area (Å²) in [6.45, 7) is 10.9. The highest BCUT2D eigenvalue weighted by Crippen LogP contribution is 2.31. The van der Waals surface area contributed by atoms with Crippen molar-refractivity contribution in [1.82, 2.24) is 19.4 Å². The molecule has 33 heavy (non-hydrogen) atoms. The van der Waals surface area contributed by atoms with Gasteiger partial charge in [-0.15, -0.1) is 0 Å². The fraction of sp³-hybridized carbons (Fsp3) is 0.462. The van der Waals surface area contributed by atoms with Crippen molar-refractivity contribution in [1.29, 1.82) is 0 Å². The Morgan fingerprint density at radius 2 is 1.82 bits per heavy atom. The van der Waals surface area contributed by atoms with Crippen molar-refractivity contribution in [3.63, 3.8) is 0 Å². The molecule has 1 aromatic carbocycles. The summed E-state index contributed by atoms with van der Waals surface area (Å²) in [7, 11) is 0. The molecule has 1 aliphatic carbocycles. The summed E-state index contributed by atoms with van der Waals surface area (Å²) in [6.07, 6.45) is 1.90. The molecule has 3 aromatic rings. The van der Waals surface area contributed by atoms with Gasteiger partial charge in [-0.3, -0.25) is 19.1 Å². The molecule has 4 rings (SSSR count). The molecular formula is C26H32N4O3. The van der Waals surface area contributed by atoms with Crippen molar-refractivity contribution >= 4 is 16.9 Å². The monoisotopic (exact) mass is 448 g/mol. The number of amides is 1. The molecule has 1 fully saturated rings. The van der Waals surface area contributed by atoms with E-state index in [2.05, 4.69) is 9.97 Å². The van der Waals surface area contributed by atoms with Crippen LogP contribution < -0.4 is 11.2 Å². The SMILES string of the molecule is Cc1ccc(CN(C(=O)c2cc(C(C)C)nc3c2c(=O)[nH]c(=O)n3CC(C)C)C2CC2)cc1. The van der Waals surface area contributed by atoms with Crippen LogP contribution >= 0.6 is 0 Å². The molecule has 0 atom stereocenters. The average Bonchev–Trinajstić information content (AvgIpc) is 3.60. The molecule has 174 valence electrons. The van der Waals surface area contributed by atoms with Crippen LogP contribution in [0.25, 0.3) is 11.0 Å². The third-order valence-electron chi connectivity index (χ3n) is 6.06. The normalized spacial score (nSPS) is 13.8. The Bertz CT molecular complexity index is 1300. The first kappa shape index (κ1) is 23.0. The van der Waals surface area contributed by atoms with E-state index in [1.807, 2.05) is 63.8 Å². The van der Waals surface area contributed by atoms with Crippen LogP contribution in [0.1, 0.15) is 73.6 Å². The maximum Gasteiger partial charge on any atom is 0.330 e. The minimum Gasteiger partial charge on any atom is -0.331 e. The predicted molar refractivity (Wildman–Crippen MR) is 130 cm³/mol. The Kier molecular flexibility index (Phi) is 6.23. The highest BCUT2D eigenvalue weighted by molar-refractivity contribution is 6.05. The van der Waals surface area contributed by atoms with Gasteiger partial charge in [0.05, 0.1) is 10.9 Å². The highest BCUT2D eigenvalue weighted by atomic mass is 16.2. The van der Waals surface area contributed by atoms with Crippen LogP contribution in [0.5, 0.6) is 0 Å². The third-order valence-corrected chi connectivity index (χ3v) is 6.06. The van der Waals surface area contributed by atoms with Crippen molar-refractivity contribution in [2.75, 3.05) is 0 Å². The molecular weight excluding hydrogens is 416 g/mol. The number of nitrogens with one attached hydrogen (secondary N) is 1. The lowest BCUT2D eigenvalue weighted by Gasteiger charge is -2.24. The van der Waals surface area contributed by atoms with E-state index in [1.54, 1.807) is 6.07 Å². The number of hydrogen-bond acceptors (Lipinski definition) is 4. The van der Waals surface area contributed by atoms with Gasteiger partial charge in [-0.05, 0) is 43.2 Å². The molecule has 0 saturated heterocycles. The topological polar surface area (TPSA) is 88.1 Å². The minimum atomic E-state index is -0.563. The van der Waals surface area contributed by atoms with Gasteiger partial charge in [0.1, 0.15) is 0 Å². The largest absolute Gasteiger partial charge is 0.331 e. The molecule has 2 aromatic heterocycles. The molecule has 1 amide bonds. The van der Waals surface area contributed by atoms with Gasteiger partial charge >= 0.3 is 5.69 Å². The maximum absolute atomic E-state index is 13.9. The van der Waals surface area contributed by atoms with Crippen LogP contribution in [0, 0.1) is 12.8 Å². The van der Waals surface area contributed by atoms with E-state index in [1.165, 1.54) is 10.1 Å². The van der Waals surface area contributed by atoms with Crippen LogP contribution in [-0.2, 0) is 13.1 Å². The minimum absolute atomic E-state index is 0.0364. The number of hydrogen-bond donors (Lipinski definition) is 1. The van der Waals surface area contributed by atoms with Crippen LogP contribution in [0.2, 0.25) is 0 Å². The van der Waals surface area contributed by atoms with E-state index in [9.17, 15) is 14.4 Å². The first-order valence-electron chi connectivity index (χ1n) is 11.7. The van der Waals surface area contributed by atoms with Crippen LogP contribution in [0.15, 0.2) is 39.9 Å². The Balaban J connectivity index is 1.89. The van der Waals surface area contributed by atoms with E-state index in [0.717, 1.165) is 18.4 Å². The predicted octanol–water partition coefficient (Wildman–Crippen LogP) is 3.98. The Morgan fingerprint density at radius 3 is 2.39 bits per heavy atom. The second-order valence-electron chi connectivity index (χ2n) is 9.86. The lowest BCUT2D eigenvalue weighted by Crippen LogP contribution is -2.36. The Morgan fingerprint density at radius 1 is 1.15 bits per heavy atom. The summed E-state index contributed by atoms with van der Waals surface area (Å²) < 4.78 is 1.49. The van der Waals surface area contributed by atoms with Crippen molar-refractivity contribution < 1.29 is 4.79 Å². The van der Waals surface area contributed by atoms with Crippen molar-refractivity contribution in [3.8, 4) is 0 Å². The van der Waals surface area contributed by atoms with Gasteiger partial charge in [0, 0.05) is 24.8 Å². The Hall–Kier alpha value is -3.22. The number of aromatic amines is 1. The standard InChI is InChI=1S/C26H32N4O3/c1-15(2)13-30-23-22(24(31)28-26(30)33)20(12-21(27-23)16(3)4)25(32)29(19-10-11-19)14-18-8-6-17(5)7-9-18/h6-9,12,15-16,19H,10-11,13-14H2,1-5H3,(H,28,31,33). The number of carbonyl (C=O) groups is 1. The van der Waals surface area contributed by atoms with Crippen molar-refractivity contribution in [2.45, 2.75) is 72.5 Å². The summed E-state index contributed by atoms with van der Waals surface area (Å²) in [6, 6.07) is 10.0.